The number of pyridine rings is 1. The van der Waals surface area contributed by atoms with Crippen LogP contribution in [0.15, 0.2) is 36.7 Å². The van der Waals surface area contributed by atoms with Gasteiger partial charge in [0.2, 0.25) is 0 Å². The van der Waals surface area contributed by atoms with Gasteiger partial charge in [0.1, 0.15) is 5.82 Å². The van der Waals surface area contributed by atoms with Gasteiger partial charge < -0.3 is 15.5 Å². The van der Waals surface area contributed by atoms with Gasteiger partial charge in [0.05, 0.1) is 28.6 Å². The van der Waals surface area contributed by atoms with Crippen molar-refractivity contribution in [2.75, 3.05) is 36.0 Å². The number of rotatable bonds is 3. The molecule has 2 heterocycles. The molecular formula is C17H16FN5O. The highest BCUT2D eigenvalue weighted by molar-refractivity contribution is 5.98. The molecule has 1 aromatic carbocycles. The molecule has 2 aromatic rings. The zero-order chi connectivity index (χ0) is 17.1. The maximum absolute atomic E-state index is 14.1. The monoisotopic (exact) mass is 325 g/mol. The molecule has 0 aliphatic carbocycles. The molecule has 1 amide bonds. The molecular weight excluding hydrogens is 309 g/mol. The number of anilines is 2. The van der Waals surface area contributed by atoms with Crippen LogP contribution < -0.4 is 15.5 Å². The Kier molecular flexibility index (Phi) is 4.29. The van der Waals surface area contributed by atoms with Crippen LogP contribution in [-0.2, 0) is 0 Å². The number of primary amides is 1. The van der Waals surface area contributed by atoms with Gasteiger partial charge in [0.25, 0.3) is 5.91 Å². The molecule has 122 valence electrons. The molecule has 0 unspecified atom stereocenters. The van der Waals surface area contributed by atoms with Gasteiger partial charge in [-0.3, -0.25) is 9.78 Å². The number of carbonyl (C=O) groups is 1. The summed E-state index contributed by atoms with van der Waals surface area (Å²) >= 11 is 0. The second-order valence-electron chi connectivity index (χ2n) is 5.51. The largest absolute Gasteiger partial charge is 0.367 e. The molecule has 7 heteroatoms. The Hall–Kier alpha value is -3.14. The smallest absolute Gasteiger partial charge is 0.252 e. The maximum atomic E-state index is 14.1. The highest BCUT2D eigenvalue weighted by Gasteiger charge is 2.22. The summed E-state index contributed by atoms with van der Waals surface area (Å²) in [5, 5.41) is 8.82. The zero-order valence-electron chi connectivity index (χ0n) is 12.9. The molecule has 3 rings (SSSR count). The van der Waals surface area contributed by atoms with E-state index in [2.05, 4.69) is 4.98 Å². The van der Waals surface area contributed by atoms with Crippen LogP contribution in [0, 0.1) is 17.1 Å². The average Bonchev–Trinajstić information content (AvgIpc) is 2.61. The topological polar surface area (TPSA) is 86.2 Å². The molecule has 0 bridgehead atoms. The molecule has 6 nitrogen and oxygen atoms in total. The zero-order valence-corrected chi connectivity index (χ0v) is 12.9. The highest BCUT2D eigenvalue weighted by Crippen LogP contribution is 2.25. The van der Waals surface area contributed by atoms with E-state index in [0.717, 1.165) is 5.69 Å². The minimum atomic E-state index is -0.515. The first kappa shape index (κ1) is 15.7. The first-order valence-corrected chi connectivity index (χ1v) is 7.53. The summed E-state index contributed by atoms with van der Waals surface area (Å²) in [5.74, 6) is -0.914. The lowest BCUT2D eigenvalue weighted by Crippen LogP contribution is -2.47. The van der Waals surface area contributed by atoms with Gasteiger partial charge in [0.15, 0.2) is 0 Å². The third kappa shape index (κ3) is 2.99. The van der Waals surface area contributed by atoms with Crippen molar-refractivity contribution in [3.8, 4) is 6.07 Å². The van der Waals surface area contributed by atoms with Crippen LogP contribution in [0.3, 0.4) is 0 Å². The van der Waals surface area contributed by atoms with Crippen LogP contribution in [0.2, 0.25) is 0 Å². The van der Waals surface area contributed by atoms with Gasteiger partial charge in [-0.05, 0) is 24.3 Å². The molecule has 0 saturated carbocycles. The van der Waals surface area contributed by atoms with Crippen molar-refractivity contribution >= 4 is 17.3 Å². The van der Waals surface area contributed by atoms with E-state index in [1.54, 1.807) is 24.4 Å². The van der Waals surface area contributed by atoms with E-state index in [4.69, 9.17) is 11.0 Å². The van der Waals surface area contributed by atoms with Crippen molar-refractivity contribution in [1.29, 1.82) is 5.26 Å². The van der Waals surface area contributed by atoms with Crippen molar-refractivity contribution in [1.82, 2.24) is 4.98 Å². The Labute approximate surface area is 138 Å². The number of nitrogens with two attached hydrogens (primary N) is 1. The predicted molar refractivity (Wildman–Crippen MR) is 88.3 cm³/mol. The van der Waals surface area contributed by atoms with Crippen LogP contribution >= 0.6 is 0 Å². The third-order valence-electron chi connectivity index (χ3n) is 4.10. The first-order valence-electron chi connectivity index (χ1n) is 7.53. The lowest BCUT2D eigenvalue weighted by molar-refractivity contribution is 0.100. The average molecular weight is 325 g/mol. The van der Waals surface area contributed by atoms with E-state index < -0.39 is 11.7 Å². The summed E-state index contributed by atoms with van der Waals surface area (Å²) in [5.41, 5.74) is 7.32. The van der Waals surface area contributed by atoms with Crippen LogP contribution in [0.5, 0.6) is 0 Å². The van der Waals surface area contributed by atoms with Crippen LogP contribution in [0.25, 0.3) is 0 Å². The predicted octanol–water partition coefficient (Wildman–Crippen LogP) is 1.52. The lowest BCUT2D eigenvalue weighted by Gasteiger charge is -2.37. The summed E-state index contributed by atoms with van der Waals surface area (Å²) in [7, 11) is 0. The van der Waals surface area contributed by atoms with Crippen molar-refractivity contribution in [3.63, 3.8) is 0 Å². The molecule has 1 aromatic heterocycles. The summed E-state index contributed by atoms with van der Waals surface area (Å²) in [6, 6.07) is 8.17. The number of aromatic nitrogens is 1. The Morgan fingerprint density at radius 1 is 1.17 bits per heavy atom. The molecule has 24 heavy (non-hydrogen) atoms. The van der Waals surface area contributed by atoms with Gasteiger partial charge in [-0.1, -0.05) is 0 Å². The highest BCUT2D eigenvalue weighted by atomic mass is 19.1. The number of carbonyl (C=O) groups excluding carboxylic acids is 1. The van der Waals surface area contributed by atoms with E-state index in [9.17, 15) is 9.18 Å². The van der Waals surface area contributed by atoms with E-state index in [1.807, 2.05) is 15.9 Å². The molecule has 1 aliphatic rings. The van der Waals surface area contributed by atoms with Gasteiger partial charge >= 0.3 is 0 Å². The quantitative estimate of drug-likeness (QED) is 0.924. The van der Waals surface area contributed by atoms with Gasteiger partial charge in [-0.25, -0.2) is 4.39 Å². The second-order valence-corrected chi connectivity index (χ2v) is 5.51. The maximum Gasteiger partial charge on any atom is 0.252 e. The van der Waals surface area contributed by atoms with Crippen molar-refractivity contribution in [2.24, 2.45) is 5.73 Å². The van der Waals surface area contributed by atoms with E-state index in [0.29, 0.717) is 43.0 Å². The van der Waals surface area contributed by atoms with Crippen molar-refractivity contribution in [3.05, 3.63) is 53.6 Å². The summed E-state index contributed by atoms with van der Waals surface area (Å²) in [6.45, 7) is 2.46. The SMILES string of the molecule is N#Cc1ccc(N2CCN(c3ccncc3C(N)=O)CC2)c(F)c1. The van der Waals surface area contributed by atoms with Crippen LogP contribution in [0.1, 0.15) is 15.9 Å². The number of nitriles is 1. The number of halogens is 1. The summed E-state index contributed by atoms with van der Waals surface area (Å²) in [4.78, 5) is 19.4. The fourth-order valence-corrected chi connectivity index (χ4v) is 2.87. The second kappa shape index (κ2) is 6.54. The van der Waals surface area contributed by atoms with Gasteiger partial charge in [-0.15, -0.1) is 0 Å². The molecule has 1 aliphatic heterocycles. The minimum absolute atomic E-state index is 0.303. The van der Waals surface area contributed by atoms with E-state index in [1.165, 1.54) is 12.3 Å². The fourth-order valence-electron chi connectivity index (χ4n) is 2.87. The minimum Gasteiger partial charge on any atom is -0.367 e. The molecule has 0 atom stereocenters. The van der Waals surface area contributed by atoms with Gasteiger partial charge in [0, 0.05) is 38.6 Å². The van der Waals surface area contributed by atoms with Crippen LogP contribution in [0.4, 0.5) is 15.8 Å². The fraction of sp³-hybridized carbons (Fsp3) is 0.235. The standard InChI is InChI=1S/C17H16FN5O/c18-14-9-12(10-19)1-2-16(14)23-7-5-22(6-8-23)15-3-4-21-11-13(15)17(20)24/h1-4,9,11H,5-8H2,(H2,20,24). The Morgan fingerprint density at radius 3 is 2.42 bits per heavy atom. The number of hydrogen-bond donors (Lipinski definition) is 1. The summed E-state index contributed by atoms with van der Waals surface area (Å²) in [6.07, 6.45) is 3.08. The number of benzene rings is 1. The Balaban J connectivity index is 1.75. The number of nitrogens with zero attached hydrogens (tertiary/aromatic N) is 4. The molecule has 1 fully saturated rings. The van der Waals surface area contributed by atoms with E-state index >= 15 is 0 Å². The Morgan fingerprint density at radius 2 is 1.83 bits per heavy atom. The number of piperazine rings is 1. The van der Waals surface area contributed by atoms with Crippen molar-refractivity contribution in [2.45, 2.75) is 0 Å². The molecule has 0 spiro atoms. The lowest BCUT2D eigenvalue weighted by atomic mass is 10.1. The van der Waals surface area contributed by atoms with Gasteiger partial charge in [-0.2, -0.15) is 5.26 Å². The van der Waals surface area contributed by atoms with E-state index in [-0.39, 0.29) is 0 Å². The summed E-state index contributed by atoms with van der Waals surface area (Å²) < 4.78 is 14.1. The Bertz CT molecular complexity index is 809. The molecule has 2 N–H and O–H groups in total. The first-order chi connectivity index (χ1) is 11.6. The van der Waals surface area contributed by atoms with Crippen molar-refractivity contribution < 1.29 is 9.18 Å². The normalized spacial score (nSPS) is 14.3. The number of amides is 1. The third-order valence-corrected chi connectivity index (χ3v) is 4.10. The molecule has 0 radical (unpaired) electrons. The molecule has 1 saturated heterocycles. The van der Waals surface area contributed by atoms with Crippen LogP contribution in [-0.4, -0.2) is 37.1 Å². The number of hydrogen-bond acceptors (Lipinski definition) is 5.